The van der Waals surface area contributed by atoms with Gasteiger partial charge in [0.05, 0.1) is 5.75 Å². The van der Waals surface area contributed by atoms with Crippen LogP contribution in [-0.2, 0) is 15.6 Å². The first kappa shape index (κ1) is 17.2. The highest BCUT2D eigenvalue weighted by Gasteiger charge is 2.12. The van der Waals surface area contributed by atoms with Gasteiger partial charge in [-0.3, -0.25) is 4.79 Å². The standard InChI is InChI=1S/C18H21NO3S/c1-13(2)16-9-4-5-10-17(16)19-18(20)15-8-6-7-14(11-15)12-23(3,21)22/h4-11,13H,12H2,1-3H3,(H,19,20). The predicted molar refractivity (Wildman–Crippen MR) is 93.5 cm³/mol. The van der Waals surface area contributed by atoms with Crippen LogP contribution in [0.2, 0.25) is 0 Å². The lowest BCUT2D eigenvalue weighted by atomic mass is 10.0. The molecule has 23 heavy (non-hydrogen) atoms. The molecule has 1 N–H and O–H groups in total. The first-order valence-corrected chi connectivity index (χ1v) is 9.49. The van der Waals surface area contributed by atoms with Gasteiger partial charge in [0.25, 0.3) is 5.91 Å². The highest BCUT2D eigenvalue weighted by atomic mass is 32.2. The van der Waals surface area contributed by atoms with E-state index in [0.717, 1.165) is 11.3 Å². The smallest absolute Gasteiger partial charge is 0.255 e. The number of rotatable bonds is 5. The molecule has 0 unspecified atom stereocenters. The SMILES string of the molecule is CC(C)c1ccccc1NC(=O)c1cccc(CS(C)(=O)=O)c1. The number of carbonyl (C=O) groups is 1. The quantitative estimate of drug-likeness (QED) is 0.910. The molecule has 2 rings (SSSR count). The van der Waals surface area contributed by atoms with Crippen LogP contribution in [0.1, 0.15) is 41.3 Å². The predicted octanol–water partition coefficient (Wildman–Crippen LogP) is 3.61. The van der Waals surface area contributed by atoms with Crippen molar-refractivity contribution in [3.05, 3.63) is 65.2 Å². The third-order valence-corrected chi connectivity index (χ3v) is 4.31. The number of hydrogen-bond donors (Lipinski definition) is 1. The van der Waals surface area contributed by atoms with Crippen LogP contribution in [0.4, 0.5) is 5.69 Å². The summed E-state index contributed by atoms with van der Waals surface area (Å²) in [6, 6.07) is 14.4. The van der Waals surface area contributed by atoms with Gasteiger partial charge in [0.2, 0.25) is 0 Å². The van der Waals surface area contributed by atoms with Gasteiger partial charge >= 0.3 is 0 Å². The summed E-state index contributed by atoms with van der Waals surface area (Å²) in [6.07, 6.45) is 1.18. The zero-order chi connectivity index (χ0) is 17.0. The Balaban J connectivity index is 2.23. The average molecular weight is 331 g/mol. The van der Waals surface area contributed by atoms with Crippen molar-refractivity contribution in [1.82, 2.24) is 0 Å². The lowest BCUT2D eigenvalue weighted by Gasteiger charge is -2.14. The van der Waals surface area contributed by atoms with Gasteiger partial charge in [0.15, 0.2) is 9.84 Å². The van der Waals surface area contributed by atoms with Gasteiger partial charge in [-0.1, -0.05) is 44.2 Å². The maximum Gasteiger partial charge on any atom is 0.255 e. The van der Waals surface area contributed by atoms with E-state index in [0.29, 0.717) is 17.0 Å². The minimum atomic E-state index is -3.13. The molecule has 0 aromatic heterocycles. The summed E-state index contributed by atoms with van der Waals surface area (Å²) in [5.74, 6) is -0.0204. The van der Waals surface area contributed by atoms with Gasteiger partial charge in [-0.2, -0.15) is 0 Å². The highest BCUT2D eigenvalue weighted by molar-refractivity contribution is 7.89. The average Bonchev–Trinajstić information content (AvgIpc) is 2.46. The number of anilines is 1. The van der Waals surface area contributed by atoms with E-state index in [2.05, 4.69) is 19.2 Å². The van der Waals surface area contributed by atoms with E-state index in [1.807, 2.05) is 24.3 Å². The van der Waals surface area contributed by atoms with E-state index in [1.54, 1.807) is 24.3 Å². The van der Waals surface area contributed by atoms with E-state index in [9.17, 15) is 13.2 Å². The number of hydrogen-bond acceptors (Lipinski definition) is 3. The molecule has 2 aromatic rings. The fourth-order valence-electron chi connectivity index (χ4n) is 2.41. The third-order valence-electron chi connectivity index (χ3n) is 3.45. The fourth-order valence-corrected chi connectivity index (χ4v) is 3.20. The van der Waals surface area contributed by atoms with Crippen molar-refractivity contribution in [3.8, 4) is 0 Å². The zero-order valence-electron chi connectivity index (χ0n) is 13.5. The second kappa shape index (κ2) is 6.96. The second-order valence-corrected chi connectivity index (χ2v) is 8.11. The van der Waals surface area contributed by atoms with E-state index in [4.69, 9.17) is 0 Å². The lowest BCUT2D eigenvalue weighted by Crippen LogP contribution is -2.14. The first-order valence-electron chi connectivity index (χ1n) is 7.43. The molecule has 0 aliphatic heterocycles. The van der Waals surface area contributed by atoms with E-state index in [1.165, 1.54) is 6.26 Å². The van der Waals surface area contributed by atoms with Gasteiger partial charge in [0.1, 0.15) is 0 Å². The number of benzene rings is 2. The molecular formula is C18H21NO3S. The van der Waals surface area contributed by atoms with Crippen LogP contribution in [0.15, 0.2) is 48.5 Å². The van der Waals surface area contributed by atoms with Gasteiger partial charge in [-0.05, 0) is 35.2 Å². The fraction of sp³-hybridized carbons (Fsp3) is 0.278. The highest BCUT2D eigenvalue weighted by Crippen LogP contribution is 2.24. The molecule has 122 valence electrons. The summed E-state index contributed by atoms with van der Waals surface area (Å²) in [5.41, 5.74) is 2.90. The molecule has 0 bridgehead atoms. The normalized spacial score (nSPS) is 11.5. The van der Waals surface area contributed by atoms with Gasteiger partial charge in [-0.25, -0.2) is 8.42 Å². The van der Waals surface area contributed by atoms with Crippen molar-refractivity contribution in [2.75, 3.05) is 11.6 Å². The minimum Gasteiger partial charge on any atom is -0.322 e. The molecule has 0 fully saturated rings. The van der Waals surface area contributed by atoms with Crippen molar-refractivity contribution >= 4 is 21.4 Å². The first-order chi connectivity index (χ1) is 10.8. The van der Waals surface area contributed by atoms with Gasteiger partial charge in [0, 0.05) is 17.5 Å². The Morgan fingerprint density at radius 1 is 1.09 bits per heavy atom. The summed E-state index contributed by atoms with van der Waals surface area (Å²) < 4.78 is 22.8. The molecular weight excluding hydrogens is 310 g/mol. The van der Waals surface area contributed by atoms with Crippen molar-refractivity contribution in [1.29, 1.82) is 0 Å². The Kier molecular flexibility index (Phi) is 5.21. The Morgan fingerprint density at radius 3 is 2.43 bits per heavy atom. The molecule has 0 radical (unpaired) electrons. The second-order valence-electron chi connectivity index (χ2n) is 5.97. The largest absolute Gasteiger partial charge is 0.322 e. The maximum absolute atomic E-state index is 12.4. The van der Waals surface area contributed by atoms with Crippen LogP contribution in [0.5, 0.6) is 0 Å². The Hall–Kier alpha value is -2.14. The molecule has 5 heteroatoms. The topological polar surface area (TPSA) is 63.2 Å². The Bertz CT molecular complexity index is 811. The number of amides is 1. The molecule has 0 saturated heterocycles. The van der Waals surface area contributed by atoms with Crippen LogP contribution in [0.3, 0.4) is 0 Å². The molecule has 0 atom stereocenters. The van der Waals surface area contributed by atoms with E-state index in [-0.39, 0.29) is 11.7 Å². The Labute approximate surface area is 137 Å². The number of carbonyl (C=O) groups excluding carboxylic acids is 1. The summed E-state index contributed by atoms with van der Waals surface area (Å²) in [7, 11) is -3.13. The van der Waals surface area contributed by atoms with Gasteiger partial charge < -0.3 is 5.32 Å². The molecule has 4 nitrogen and oxygen atoms in total. The maximum atomic E-state index is 12.4. The van der Waals surface area contributed by atoms with E-state index >= 15 is 0 Å². The van der Waals surface area contributed by atoms with E-state index < -0.39 is 9.84 Å². The van der Waals surface area contributed by atoms with Gasteiger partial charge in [-0.15, -0.1) is 0 Å². The molecule has 0 aliphatic carbocycles. The minimum absolute atomic E-state index is 0.0727. The van der Waals surface area contributed by atoms with Crippen LogP contribution in [-0.4, -0.2) is 20.6 Å². The van der Waals surface area contributed by atoms with Crippen molar-refractivity contribution in [2.24, 2.45) is 0 Å². The summed E-state index contributed by atoms with van der Waals surface area (Å²) >= 11 is 0. The molecule has 0 heterocycles. The van der Waals surface area contributed by atoms with Crippen LogP contribution < -0.4 is 5.32 Å². The monoisotopic (exact) mass is 331 g/mol. The molecule has 0 spiro atoms. The van der Waals surface area contributed by atoms with Crippen LogP contribution >= 0.6 is 0 Å². The van der Waals surface area contributed by atoms with Crippen LogP contribution in [0, 0.1) is 0 Å². The van der Waals surface area contributed by atoms with Crippen LogP contribution in [0.25, 0.3) is 0 Å². The summed E-state index contributed by atoms with van der Waals surface area (Å²) in [6.45, 7) is 4.13. The zero-order valence-corrected chi connectivity index (χ0v) is 14.4. The number of para-hydroxylation sites is 1. The van der Waals surface area contributed by atoms with Crippen molar-refractivity contribution < 1.29 is 13.2 Å². The molecule has 2 aromatic carbocycles. The number of nitrogens with one attached hydrogen (secondary N) is 1. The molecule has 0 saturated carbocycles. The summed E-state index contributed by atoms with van der Waals surface area (Å²) in [4.78, 5) is 12.4. The lowest BCUT2D eigenvalue weighted by molar-refractivity contribution is 0.102. The Morgan fingerprint density at radius 2 is 1.78 bits per heavy atom. The molecule has 1 amide bonds. The summed E-state index contributed by atoms with van der Waals surface area (Å²) in [5, 5.41) is 2.91. The molecule has 0 aliphatic rings. The van der Waals surface area contributed by atoms with Crippen molar-refractivity contribution in [2.45, 2.75) is 25.5 Å². The van der Waals surface area contributed by atoms with Crippen molar-refractivity contribution in [3.63, 3.8) is 0 Å². The number of sulfone groups is 1. The third kappa shape index (κ3) is 4.93.